The molecule has 2 heterocycles. The number of amides is 2. The van der Waals surface area contributed by atoms with E-state index in [9.17, 15) is 19.1 Å². The predicted octanol–water partition coefficient (Wildman–Crippen LogP) is 0.0724. The number of nitrogens with one attached hydrogen (secondary N) is 2. The van der Waals surface area contributed by atoms with Gasteiger partial charge < -0.3 is 20.6 Å². The van der Waals surface area contributed by atoms with Crippen LogP contribution in [0.15, 0.2) is 18.2 Å². The van der Waals surface area contributed by atoms with Crippen molar-refractivity contribution in [2.24, 2.45) is 0 Å². The summed E-state index contributed by atoms with van der Waals surface area (Å²) in [5, 5.41) is 15.5. The van der Waals surface area contributed by atoms with Crippen molar-refractivity contribution < 1.29 is 19.1 Å². The summed E-state index contributed by atoms with van der Waals surface area (Å²) in [6.07, 6.45) is -0.414. The van der Waals surface area contributed by atoms with Crippen molar-refractivity contribution in [1.82, 2.24) is 15.5 Å². The molecule has 0 unspecified atom stereocenters. The Bertz CT molecular complexity index is 664. The smallest absolute Gasteiger partial charge is 0.248 e. The summed E-state index contributed by atoms with van der Waals surface area (Å²) in [6.45, 7) is 4.08. The van der Waals surface area contributed by atoms with Crippen LogP contribution in [0.25, 0.3) is 0 Å². The molecule has 0 aromatic heterocycles. The molecular formula is C17H22FN3O3. The largest absolute Gasteiger partial charge is 0.391 e. The summed E-state index contributed by atoms with van der Waals surface area (Å²) in [7, 11) is 0. The number of rotatable bonds is 4. The number of carbonyl (C=O) groups excluding carboxylic acids is 2. The molecule has 0 saturated carbocycles. The maximum Gasteiger partial charge on any atom is 0.248 e. The number of fused-ring (bicyclic) bond motifs is 1. The highest BCUT2D eigenvalue weighted by atomic mass is 19.1. The van der Waals surface area contributed by atoms with Crippen LogP contribution in [-0.4, -0.2) is 52.6 Å². The van der Waals surface area contributed by atoms with Gasteiger partial charge >= 0.3 is 0 Å². The van der Waals surface area contributed by atoms with Gasteiger partial charge in [-0.25, -0.2) is 4.39 Å². The van der Waals surface area contributed by atoms with Gasteiger partial charge in [0.05, 0.1) is 6.10 Å². The Hall–Kier alpha value is -1.99. The second-order valence-corrected chi connectivity index (χ2v) is 6.63. The number of halogens is 1. The number of aliphatic hydroxyl groups is 1. The minimum Gasteiger partial charge on any atom is -0.391 e. The molecule has 2 saturated heterocycles. The first kappa shape index (κ1) is 16.9. The highest BCUT2D eigenvalue weighted by Gasteiger charge is 2.47. The van der Waals surface area contributed by atoms with E-state index in [2.05, 4.69) is 10.6 Å². The van der Waals surface area contributed by atoms with Crippen LogP contribution >= 0.6 is 0 Å². The number of carbonyl (C=O) groups is 2. The molecule has 7 heteroatoms. The molecule has 1 aromatic rings. The molecule has 0 radical (unpaired) electrons. The van der Waals surface area contributed by atoms with Crippen LogP contribution in [0.1, 0.15) is 24.5 Å². The molecule has 24 heavy (non-hydrogen) atoms. The van der Waals surface area contributed by atoms with Gasteiger partial charge in [-0.2, -0.15) is 0 Å². The van der Waals surface area contributed by atoms with Crippen LogP contribution in [0.4, 0.5) is 4.39 Å². The van der Waals surface area contributed by atoms with Crippen molar-refractivity contribution in [3.05, 3.63) is 35.1 Å². The van der Waals surface area contributed by atoms with Gasteiger partial charge in [-0.15, -0.1) is 0 Å². The van der Waals surface area contributed by atoms with Crippen LogP contribution in [0.3, 0.4) is 0 Å². The van der Waals surface area contributed by atoms with Crippen LogP contribution in [0.5, 0.6) is 0 Å². The Balaban J connectivity index is 1.63. The molecule has 2 aliphatic heterocycles. The zero-order valence-electron chi connectivity index (χ0n) is 13.8. The average molecular weight is 335 g/mol. The number of benzene rings is 1. The van der Waals surface area contributed by atoms with Crippen molar-refractivity contribution in [2.45, 2.75) is 51.0 Å². The highest BCUT2D eigenvalue weighted by molar-refractivity contribution is 5.97. The van der Waals surface area contributed by atoms with E-state index in [1.165, 1.54) is 17.9 Å². The van der Waals surface area contributed by atoms with E-state index < -0.39 is 18.2 Å². The molecule has 2 aliphatic rings. The molecule has 0 spiro atoms. The first-order chi connectivity index (χ1) is 11.4. The zero-order chi connectivity index (χ0) is 17.4. The molecule has 2 amide bonds. The molecule has 0 bridgehead atoms. The molecule has 3 rings (SSSR count). The van der Waals surface area contributed by atoms with Gasteiger partial charge in [0.2, 0.25) is 11.8 Å². The molecular weight excluding hydrogens is 313 g/mol. The number of hydrogen-bond donors (Lipinski definition) is 3. The fourth-order valence-electron chi connectivity index (χ4n) is 3.30. The second kappa shape index (κ2) is 6.49. The lowest BCUT2D eigenvalue weighted by atomic mass is 10.0. The van der Waals surface area contributed by atoms with Gasteiger partial charge in [-0.1, -0.05) is 12.1 Å². The molecule has 1 aromatic carbocycles. The van der Waals surface area contributed by atoms with Crippen LogP contribution in [0, 0.1) is 12.7 Å². The van der Waals surface area contributed by atoms with Crippen molar-refractivity contribution in [2.75, 3.05) is 6.54 Å². The van der Waals surface area contributed by atoms with Gasteiger partial charge in [0.25, 0.3) is 0 Å². The van der Waals surface area contributed by atoms with Gasteiger partial charge in [0.1, 0.15) is 17.9 Å². The molecule has 4 atom stereocenters. The second-order valence-electron chi connectivity index (χ2n) is 6.63. The van der Waals surface area contributed by atoms with E-state index in [1.54, 1.807) is 13.0 Å². The fourth-order valence-corrected chi connectivity index (χ4v) is 3.30. The lowest BCUT2D eigenvalue weighted by Crippen LogP contribution is -2.64. The zero-order valence-corrected chi connectivity index (χ0v) is 13.8. The maximum absolute atomic E-state index is 13.6. The minimum atomic E-state index is -0.926. The van der Waals surface area contributed by atoms with E-state index >= 15 is 0 Å². The Labute approximate surface area is 140 Å². The average Bonchev–Trinajstić information content (AvgIpc) is 2.97. The minimum absolute atomic E-state index is 0.0400. The topological polar surface area (TPSA) is 81.7 Å². The summed E-state index contributed by atoms with van der Waals surface area (Å²) in [4.78, 5) is 26.0. The summed E-state index contributed by atoms with van der Waals surface area (Å²) in [6, 6.07) is 3.66. The van der Waals surface area contributed by atoms with Crippen molar-refractivity contribution >= 4 is 11.8 Å². The SMILES string of the molecule is Cc1ccc(CN[C@H]2C[C@H]3C(=O)N[C@H]([C@H](C)O)C(=O)N3C2)cc1F. The Morgan fingerprint density at radius 2 is 2.21 bits per heavy atom. The number of nitrogens with zero attached hydrogens (tertiary/aromatic N) is 1. The summed E-state index contributed by atoms with van der Waals surface area (Å²) < 4.78 is 13.6. The van der Waals surface area contributed by atoms with E-state index in [0.717, 1.165) is 5.56 Å². The third kappa shape index (κ3) is 3.14. The maximum atomic E-state index is 13.6. The summed E-state index contributed by atoms with van der Waals surface area (Å²) in [5.74, 6) is -0.723. The monoisotopic (exact) mass is 335 g/mol. The molecule has 130 valence electrons. The predicted molar refractivity (Wildman–Crippen MR) is 85.5 cm³/mol. The number of piperazine rings is 1. The third-order valence-electron chi connectivity index (χ3n) is 4.76. The van der Waals surface area contributed by atoms with Gasteiger partial charge in [0.15, 0.2) is 0 Å². The standard InChI is InChI=1S/C17H22FN3O3/c1-9-3-4-11(5-13(9)18)7-19-12-6-14-16(23)20-15(10(2)22)17(24)21(14)8-12/h3-5,10,12,14-15,19,22H,6-8H2,1-2H3,(H,20,23)/t10-,12-,14-,15+/m0/s1. The molecule has 0 aliphatic carbocycles. The highest BCUT2D eigenvalue weighted by Crippen LogP contribution is 2.24. The Morgan fingerprint density at radius 3 is 2.88 bits per heavy atom. The number of hydrogen-bond acceptors (Lipinski definition) is 4. The van der Waals surface area contributed by atoms with E-state index in [4.69, 9.17) is 0 Å². The summed E-state index contributed by atoms with van der Waals surface area (Å²) >= 11 is 0. The fraction of sp³-hybridized carbons (Fsp3) is 0.529. The number of aryl methyl sites for hydroxylation is 1. The van der Waals surface area contributed by atoms with E-state index in [0.29, 0.717) is 25.1 Å². The quantitative estimate of drug-likeness (QED) is 0.727. The van der Waals surface area contributed by atoms with Crippen LogP contribution in [0.2, 0.25) is 0 Å². The first-order valence-electron chi connectivity index (χ1n) is 8.14. The van der Waals surface area contributed by atoms with Gasteiger partial charge in [-0.3, -0.25) is 9.59 Å². The van der Waals surface area contributed by atoms with Crippen LogP contribution in [-0.2, 0) is 16.1 Å². The Kier molecular flexibility index (Phi) is 4.56. The Morgan fingerprint density at radius 1 is 1.46 bits per heavy atom. The van der Waals surface area contributed by atoms with Gasteiger partial charge in [-0.05, 0) is 37.5 Å². The van der Waals surface area contributed by atoms with Crippen LogP contribution < -0.4 is 10.6 Å². The molecule has 3 N–H and O–H groups in total. The van der Waals surface area contributed by atoms with Gasteiger partial charge in [0, 0.05) is 19.1 Å². The summed E-state index contributed by atoms with van der Waals surface area (Å²) in [5.41, 5.74) is 1.42. The number of aliphatic hydroxyl groups excluding tert-OH is 1. The third-order valence-corrected chi connectivity index (χ3v) is 4.76. The lowest BCUT2D eigenvalue weighted by molar-refractivity contribution is -0.149. The lowest BCUT2D eigenvalue weighted by Gasteiger charge is -2.35. The first-order valence-corrected chi connectivity index (χ1v) is 8.14. The van der Waals surface area contributed by atoms with Crippen molar-refractivity contribution in [1.29, 1.82) is 0 Å². The van der Waals surface area contributed by atoms with E-state index in [-0.39, 0.29) is 23.7 Å². The van der Waals surface area contributed by atoms with Crippen molar-refractivity contribution in [3.8, 4) is 0 Å². The molecule has 2 fully saturated rings. The van der Waals surface area contributed by atoms with E-state index in [1.807, 2.05) is 6.07 Å². The normalized spacial score (nSPS) is 27.8. The van der Waals surface area contributed by atoms with Crippen molar-refractivity contribution in [3.63, 3.8) is 0 Å². The molecule has 6 nitrogen and oxygen atoms in total.